The van der Waals surface area contributed by atoms with Crippen LogP contribution in [0.3, 0.4) is 0 Å². The number of ketones is 1. The largest absolute Gasteiger partial charge is 0.346 e. The summed E-state index contributed by atoms with van der Waals surface area (Å²) in [6, 6.07) is 2.61. The molecule has 5 nitrogen and oxygen atoms in total. The Bertz CT molecular complexity index is 558. The highest BCUT2D eigenvalue weighted by atomic mass is 16.2. The van der Waals surface area contributed by atoms with E-state index in [1.165, 1.54) is 18.5 Å². The van der Waals surface area contributed by atoms with Crippen LogP contribution in [0, 0.1) is 13.8 Å². The van der Waals surface area contributed by atoms with Gasteiger partial charge in [0.15, 0.2) is 6.54 Å². The maximum Gasteiger partial charge on any atom is 0.275 e. The molecule has 1 aromatic rings. The van der Waals surface area contributed by atoms with Crippen LogP contribution >= 0.6 is 0 Å². The zero-order chi connectivity index (χ0) is 14.3. The van der Waals surface area contributed by atoms with Crippen LogP contribution in [0.2, 0.25) is 0 Å². The Morgan fingerprint density at radius 3 is 2.85 bits per heavy atom. The molecule has 1 aliphatic heterocycles. The first-order valence-electron chi connectivity index (χ1n) is 7.38. The third-order valence-corrected chi connectivity index (χ3v) is 4.32. The minimum Gasteiger partial charge on any atom is -0.346 e. The second-order valence-electron chi connectivity index (χ2n) is 6.01. The van der Waals surface area contributed by atoms with Crippen LogP contribution in [0.5, 0.6) is 0 Å². The number of aryl methyl sites for hydroxylation is 1. The number of nitrogens with zero attached hydrogens (tertiary/aromatic N) is 1. The van der Waals surface area contributed by atoms with E-state index in [0.29, 0.717) is 25.7 Å². The van der Waals surface area contributed by atoms with E-state index in [-0.39, 0.29) is 11.7 Å². The Hall–Kier alpha value is -1.62. The number of amides is 1. The van der Waals surface area contributed by atoms with Crippen LogP contribution in [0.4, 0.5) is 0 Å². The van der Waals surface area contributed by atoms with Crippen molar-refractivity contribution in [3.8, 4) is 0 Å². The zero-order valence-corrected chi connectivity index (χ0v) is 12.2. The third kappa shape index (κ3) is 2.50. The molecule has 108 valence electrons. The minimum absolute atomic E-state index is 0.0440. The van der Waals surface area contributed by atoms with Gasteiger partial charge < -0.3 is 14.8 Å². The molecule has 1 aromatic heterocycles. The van der Waals surface area contributed by atoms with E-state index < -0.39 is 0 Å². The molecule has 0 bridgehead atoms. The first-order chi connectivity index (χ1) is 9.56. The van der Waals surface area contributed by atoms with Crippen molar-refractivity contribution in [2.45, 2.75) is 32.7 Å². The number of rotatable bonds is 4. The van der Waals surface area contributed by atoms with E-state index in [1.54, 1.807) is 0 Å². The lowest BCUT2D eigenvalue weighted by atomic mass is 10.1. The highest BCUT2D eigenvalue weighted by Gasteiger charge is 2.30. The third-order valence-electron chi connectivity index (χ3n) is 4.32. The average molecular weight is 276 g/mol. The predicted octanol–water partition coefficient (Wildman–Crippen LogP) is -0.363. The lowest BCUT2D eigenvalue weighted by molar-refractivity contribution is -0.884. The smallest absolute Gasteiger partial charge is 0.275 e. The summed E-state index contributed by atoms with van der Waals surface area (Å²) in [6.45, 7) is 6.44. The van der Waals surface area contributed by atoms with Gasteiger partial charge in [-0.15, -0.1) is 0 Å². The molecule has 1 atom stereocenters. The Labute approximate surface area is 118 Å². The van der Waals surface area contributed by atoms with Crippen LogP contribution in [0.1, 0.15) is 40.6 Å². The molecule has 1 saturated heterocycles. The number of hydrogen-bond acceptors (Lipinski definition) is 2. The Balaban J connectivity index is 1.74. The summed E-state index contributed by atoms with van der Waals surface area (Å²) in [5, 5.41) is 2.80. The molecule has 20 heavy (non-hydrogen) atoms. The first-order valence-corrected chi connectivity index (χ1v) is 7.38. The van der Waals surface area contributed by atoms with Crippen molar-refractivity contribution in [3.63, 3.8) is 0 Å². The summed E-state index contributed by atoms with van der Waals surface area (Å²) in [5.74, 6) is 0.206. The fraction of sp³-hybridized carbons (Fsp3) is 0.600. The van der Waals surface area contributed by atoms with Crippen molar-refractivity contribution in [2.75, 3.05) is 26.2 Å². The summed E-state index contributed by atoms with van der Waals surface area (Å²) in [5.41, 5.74) is 3.11. The standard InChI is InChI=1S/C15H21N3O2/c1-10-7-13(11(2)18(10)12-3-4-12)14(19)8-17-6-5-16-15(20)9-17/h7,12H,3-6,8-9H2,1-2H3,(H,16,20)/p+1. The van der Waals surface area contributed by atoms with Gasteiger partial charge in [0, 0.05) is 23.0 Å². The van der Waals surface area contributed by atoms with Gasteiger partial charge in [0.25, 0.3) is 5.91 Å². The molecule has 0 aromatic carbocycles. The maximum absolute atomic E-state index is 12.5. The van der Waals surface area contributed by atoms with Gasteiger partial charge in [-0.1, -0.05) is 0 Å². The summed E-state index contributed by atoms with van der Waals surface area (Å²) < 4.78 is 2.30. The molecule has 2 aliphatic rings. The zero-order valence-electron chi connectivity index (χ0n) is 12.2. The molecule has 0 radical (unpaired) electrons. The molecular formula is C15H22N3O2+. The van der Waals surface area contributed by atoms with Crippen molar-refractivity contribution < 1.29 is 14.5 Å². The molecule has 2 fully saturated rings. The minimum atomic E-state index is 0.0440. The van der Waals surface area contributed by atoms with Crippen LogP contribution in [0.25, 0.3) is 0 Å². The predicted molar refractivity (Wildman–Crippen MR) is 75.1 cm³/mol. The number of carbonyl (C=O) groups excluding carboxylic acids is 2. The highest BCUT2D eigenvalue weighted by Crippen LogP contribution is 2.38. The fourth-order valence-corrected chi connectivity index (χ4v) is 3.18. The fourth-order valence-electron chi connectivity index (χ4n) is 3.18. The lowest BCUT2D eigenvalue weighted by Crippen LogP contribution is -3.16. The lowest BCUT2D eigenvalue weighted by Gasteiger charge is -2.22. The highest BCUT2D eigenvalue weighted by molar-refractivity contribution is 5.98. The van der Waals surface area contributed by atoms with Crippen molar-refractivity contribution in [1.29, 1.82) is 0 Å². The van der Waals surface area contributed by atoms with Crippen LogP contribution in [0.15, 0.2) is 6.07 Å². The second-order valence-corrected chi connectivity index (χ2v) is 6.01. The summed E-state index contributed by atoms with van der Waals surface area (Å²) in [6.07, 6.45) is 2.45. The normalized spacial score (nSPS) is 22.7. The number of hydrogen-bond donors (Lipinski definition) is 2. The molecular weight excluding hydrogens is 254 g/mol. The Morgan fingerprint density at radius 2 is 2.20 bits per heavy atom. The summed E-state index contributed by atoms with van der Waals surface area (Å²) >= 11 is 0. The monoisotopic (exact) mass is 276 g/mol. The van der Waals surface area contributed by atoms with Gasteiger partial charge in [0.05, 0.1) is 13.1 Å². The van der Waals surface area contributed by atoms with Gasteiger partial charge in [-0.05, 0) is 32.8 Å². The second kappa shape index (κ2) is 5.05. The average Bonchev–Trinajstić information content (AvgIpc) is 3.16. The van der Waals surface area contributed by atoms with Crippen LogP contribution in [-0.2, 0) is 4.79 Å². The number of piperazine rings is 1. The van der Waals surface area contributed by atoms with Crippen molar-refractivity contribution >= 4 is 11.7 Å². The molecule has 2 N–H and O–H groups in total. The molecule has 3 rings (SSSR count). The number of nitrogens with one attached hydrogen (secondary N) is 2. The molecule has 1 amide bonds. The summed E-state index contributed by atoms with van der Waals surface area (Å²) in [7, 11) is 0. The molecule has 5 heteroatoms. The Morgan fingerprint density at radius 1 is 1.45 bits per heavy atom. The molecule has 0 spiro atoms. The van der Waals surface area contributed by atoms with Gasteiger partial charge in [-0.25, -0.2) is 0 Å². The van der Waals surface area contributed by atoms with Crippen LogP contribution in [-0.4, -0.2) is 42.4 Å². The molecule has 2 heterocycles. The SMILES string of the molecule is Cc1cc(C(=O)C[NH+]2CCNC(=O)C2)c(C)n1C1CC1. The van der Waals surface area contributed by atoms with Gasteiger partial charge in [0.1, 0.15) is 6.54 Å². The van der Waals surface area contributed by atoms with Gasteiger partial charge in [-0.3, -0.25) is 9.59 Å². The van der Waals surface area contributed by atoms with Crippen molar-refractivity contribution in [3.05, 3.63) is 23.0 Å². The van der Waals surface area contributed by atoms with E-state index in [9.17, 15) is 9.59 Å². The molecule has 1 aliphatic carbocycles. The summed E-state index contributed by atoms with van der Waals surface area (Å²) in [4.78, 5) is 24.9. The molecule has 1 unspecified atom stereocenters. The van der Waals surface area contributed by atoms with Crippen molar-refractivity contribution in [2.24, 2.45) is 0 Å². The van der Waals surface area contributed by atoms with Crippen LogP contribution < -0.4 is 10.2 Å². The maximum atomic E-state index is 12.5. The first kappa shape index (κ1) is 13.4. The van der Waals surface area contributed by atoms with Gasteiger partial charge >= 0.3 is 0 Å². The quantitative estimate of drug-likeness (QED) is 0.738. The number of aromatic nitrogens is 1. The number of quaternary nitrogens is 1. The topological polar surface area (TPSA) is 55.5 Å². The number of carbonyl (C=O) groups is 2. The van der Waals surface area contributed by atoms with E-state index in [4.69, 9.17) is 0 Å². The van der Waals surface area contributed by atoms with Gasteiger partial charge in [-0.2, -0.15) is 0 Å². The van der Waals surface area contributed by atoms with Gasteiger partial charge in [0.2, 0.25) is 5.78 Å². The van der Waals surface area contributed by atoms with Crippen molar-refractivity contribution in [1.82, 2.24) is 9.88 Å². The van der Waals surface area contributed by atoms with E-state index in [1.807, 2.05) is 13.0 Å². The Kier molecular flexibility index (Phi) is 3.38. The number of Topliss-reactive ketones (excluding diaryl/α,β-unsaturated/α-hetero) is 1. The molecule has 1 saturated carbocycles. The van der Waals surface area contributed by atoms with E-state index in [2.05, 4.69) is 16.8 Å². The van der Waals surface area contributed by atoms with E-state index >= 15 is 0 Å². The van der Waals surface area contributed by atoms with E-state index in [0.717, 1.165) is 22.7 Å².